The fourth-order valence-corrected chi connectivity index (χ4v) is 3.63. The zero-order chi connectivity index (χ0) is 14.7. The summed E-state index contributed by atoms with van der Waals surface area (Å²) in [7, 11) is 0. The normalized spacial score (nSPS) is 17.6. The number of rotatable bonds is 1. The highest BCUT2D eigenvalue weighted by molar-refractivity contribution is 7.18. The van der Waals surface area contributed by atoms with Gasteiger partial charge >= 0.3 is 0 Å². The Kier molecular flexibility index (Phi) is 2.92. The molecular weight excluding hydrogens is 274 g/mol. The third-order valence-electron chi connectivity index (χ3n) is 3.65. The molecule has 1 aliphatic rings. The Balaban J connectivity index is 2.29. The molecule has 108 valence electrons. The Bertz CT molecular complexity index is 743. The fourth-order valence-electron chi connectivity index (χ4n) is 2.57. The van der Waals surface area contributed by atoms with Gasteiger partial charge < -0.3 is 10.6 Å². The number of nitrogens with two attached hydrogens (primary N) is 1. The SMILES string of the molecule is CC(C)c1nc2c(=O)c3c(sc2n1N)COC(C)(C)C3. The number of hydrogen-bond acceptors (Lipinski definition) is 5. The largest absolute Gasteiger partial charge is 0.370 e. The van der Waals surface area contributed by atoms with Crippen molar-refractivity contribution < 1.29 is 4.74 Å². The molecule has 2 aromatic rings. The van der Waals surface area contributed by atoms with E-state index in [1.807, 2.05) is 27.7 Å². The maximum atomic E-state index is 12.7. The van der Waals surface area contributed by atoms with Crippen molar-refractivity contribution in [3.63, 3.8) is 0 Å². The molecule has 0 saturated heterocycles. The van der Waals surface area contributed by atoms with E-state index in [1.165, 1.54) is 11.3 Å². The molecule has 3 heterocycles. The van der Waals surface area contributed by atoms with Gasteiger partial charge in [-0.3, -0.25) is 4.79 Å². The summed E-state index contributed by atoms with van der Waals surface area (Å²) in [6.45, 7) is 8.52. The van der Waals surface area contributed by atoms with Crippen LogP contribution in [-0.2, 0) is 17.8 Å². The predicted octanol–water partition coefficient (Wildman–Crippen LogP) is 2.15. The standard InChI is InChI=1S/C14H19N3O2S/c1-7(2)12-16-10-11(18)8-5-14(3,4)19-6-9(8)20-13(10)17(12)15/h7H,5-6,15H2,1-4H3. The van der Waals surface area contributed by atoms with Crippen molar-refractivity contribution in [3.8, 4) is 0 Å². The molecule has 0 bridgehead atoms. The van der Waals surface area contributed by atoms with E-state index in [4.69, 9.17) is 10.6 Å². The number of hydrogen-bond donors (Lipinski definition) is 1. The van der Waals surface area contributed by atoms with Gasteiger partial charge in [-0.25, -0.2) is 9.66 Å². The molecule has 0 amide bonds. The fraction of sp³-hybridized carbons (Fsp3) is 0.571. The van der Waals surface area contributed by atoms with Crippen molar-refractivity contribution in [2.24, 2.45) is 0 Å². The minimum absolute atomic E-state index is 0.0104. The van der Waals surface area contributed by atoms with Crippen molar-refractivity contribution in [2.75, 3.05) is 5.84 Å². The quantitative estimate of drug-likeness (QED) is 0.818. The molecule has 2 N–H and O–H groups in total. The van der Waals surface area contributed by atoms with E-state index in [0.29, 0.717) is 18.5 Å². The molecule has 20 heavy (non-hydrogen) atoms. The smallest absolute Gasteiger partial charge is 0.211 e. The van der Waals surface area contributed by atoms with Crippen LogP contribution in [0.2, 0.25) is 0 Å². The van der Waals surface area contributed by atoms with Gasteiger partial charge in [0.1, 0.15) is 16.2 Å². The number of aromatic nitrogens is 2. The van der Waals surface area contributed by atoms with Crippen molar-refractivity contribution in [2.45, 2.75) is 52.2 Å². The summed E-state index contributed by atoms with van der Waals surface area (Å²) < 4.78 is 7.34. The van der Waals surface area contributed by atoms with Crippen LogP contribution < -0.4 is 11.3 Å². The molecule has 0 fully saturated rings. The summed E-state index contributed by atoms with van der Waals surface area (Å²) >= 11 is 1.52. The summed E-state index contributed by atoms with van der Waals surface area (Å²) in [6.07, 6.45) is 0.627. The monoisotopic (exact) mass is 293 g/mol. The Morgan fingerprint density at radius 3 is 2.80 bits per heavy atom. The average molecular weight is 293 g/mol. The van der Waals surface area contributed by atoms with Crippen molar-refractivity contribution in [1.29, 1.82) is 0 Å². The van der Waals surface area contributed by atoms with Crippen LogP contribution in [0, 0.1) is 0 Å². The van der Waals surface area contributed by atoms with Crippen LogP contribution in [0.3, 0.4) is 0 Å². The van der Waals surface area contributed by atoms with Gasteiger partial charge in [-0.2, -0.15) is 0 Å². The van der Waals surface area contributed by atoms with E-state index in [0.717, 1.165) is 21.1 Å². The average Bonchev–Trinajstić information content (AvgIpc) is 2.68. The first kappa shape index (κ1) is 13.6. The van der Waals surface area contributed by atoms with Gasteiger partial charge in [-0.05, 0) is 13.8 Å². The Morgan fingerprint density at radius 1 is 1.45 bits per heavy atom. The Hall–Kier alpha value is -1.40. The van der Waals surface area contributed by atoms with Gasteiger partial charge in [0, 0.05) is 22.8 Å². The van der Waals surface area contributed by atoms with E-state index in [1.54, 1.807) is 4.68 Å². The zero-order valence-corrected chi connectivity index (χ0v) is 13.0. The molecule has 3 rings (SSSR count). The second-order valence-corrected chi connectivity index (χ2v) is 7.29. The topological polar surface area (TPSA) is 70.1 Å². The highest BCUT2D eigenvalue weighted by Gasteiger charge is 2.30. The predicted molar refractivity (Wildman–Crippen MR) is 80.7 cm³/mol. The van der Waals surface area contributed by atoms with E-state index in [9.17, 15) is 4.79 Å². The summed E-state index contributed by atoms with van der Waals surface area (Å²) in [6, 6.07) is 0. The minimum atomic E-state index is -0.293. The van der Waals surface area contributed by atoms with Gasteiger partial charge in [0.2, 0.25) is 5.43 Å². The van der Waals surface area contributed by atoms with E-state index in [-0.39, 0.29) is 16.9 Å². The van der Waals surface area contributed by atoms with Crippen LogP contribution in [0.1, 0.15) is 49.9 Å². The summed E-state index contributed by atoms with van der Waals surface area (Å²) in [4.78, 5) is 18.8. The number of nitrogens with zero attached hydrogens (tertiary/aromatic N) is 2. The number of ether oxygens (including phenoxy) is 1. The first-order chi connectivity index (χ1) is 9.30. The Morgan fingerprint density at radius 2 is 2.15 bits per heavy atom. The molecule has 0 unspecified atom stereocenters. The van der Waals surface area contributed by atoms with Crippen molar-refractivity contribution in [1.82, 2.24) is 9.66 Å². The van der Waals surface area contributed by atoms with Crippen molar-refractivity contribution >= 4 is 21.7 Å². The summed E-state index contributed by atoms with van der Waals surface area (Å²) in [5, 5.41) is 0. The number of fused-ring (bicyclic) bond motifs is 2. The lowest BCUT2D eigenvalue weighted by molar-refractivity contribution is -0.0386. The van der Waals surface area contributed by atoms with Gasteiger partial charge in [0.25, 0.3) is 0 Å². The lowest BCUT2D eigenvalue weighted by Crippen LogP contribution is -2.34. The van der Waals surface area contributed by atoms with E-state index in [2.05, 4.69) is 4.98 Å². The molecule has 2 aromatic heterocycles. The first-order valence-corrected chi connectivity index (χ1v) is 7.58. The van der Waals surface area contributed by atoms with Gasteiger partial charge in [-0.15, -0.1) is 11.3 Å². The third-order valence-corrected chi connectivity index (χ3v) is 4.85. The van der Waals surface area contributed by atoms with Crippen LogP contribution in [0.4, 0.5) is 0 Å². The molecule has 6 heteroatoms. The molecule has 0 aliphatic carbocycles. The van der Waals surface area contributed by atoms with Crippen LogP contribution >= 0.6 is 11.3 Å². The molecule has 0 radical (unpaired) electrons. The summed E-state index contributed by atoms with van der Waals surface area (Å²) in [5.41, 5.74) is 1.06. The molecule has 5 nitrogen and oxygen atoms in total. The van der Waals surface area contributed by atoms with Crippen LogP contribution in [0.15, 0.2) is 4.79 Å². The van der Waals surface area contributed by atoms with Gasteiger partial charge in [0.15, 0.2) is 0 Å². The van der Waals surface area contributed by atoms with E-state index >= 15 is 0 Å². The maximum Gasteiger partial charge on any atom is 0.211 e. The third kappa shape index (κ3) is 1.94. The lowest BCUT2D eigenvalue weighted by Gasteiger charge is -2.30. The number of nitrogen functional groups attached to an aromatic ring is 1. The minimum Gasteiger partial charge on any atom is -0.370 e. The zero-order valence-electron chi connectivity index (χ0n) is 12.2. The molecule has 0 saturated carbocycles. The maximum absolute atomic E-state index is 12.7. The molecule has 0 aromatic carbocycles. The molecular formula is C14H19N3O2S. The van der Waals surface area contributed by atoms with Crippen LogP contribution in [0.25, 0.3) is 10.3 Å². The second kappa shape index (κ2) is 4.30. The van der Waals surface area contributed by atoms with Crippen LogP contribution in [0.5, 0.6) is 0 Å². The first-order valence-electron chi connectivity index (χ1n) is 6.76. The molecule has 0 spiro atoms. The highest BCUT2D eigenvalue weighted by atomic mass is 32.1. The second-order valence-electron chi connectivity index (χ2n) is 6.21. The Labute approximate surface area is 121 Å². The molecule has 0 atom stereocenters. The lowest BCUT2D eigenvalue weighted by atomic mass is 9.96. The highest BCUT2D eigenvalue weighted by Crippen LogP contribution is 2.32. The van der Waals surface area contributed by atoms with E-state index < -0.39 is 0 Å². The molecule has 1 aliphatic heterocycles. The summed E-state index contributed by atoms with van der Waals surface area (Å²) in [5.74, 6) is 7.01. The van der Waals surface area contributed by atoms with Gasteiger partial charge in [-0.1, -0.05) is 13.8 Å². The number of imidazole rings is 1. The van der Waals surface area contributed by atoms with Crippen molar-refractivity contribution in [3.05, 3.63) is 26.5 Å². The van der Waals surface area contributed by atoms with Crippen LogP contribution in [-0.4, -0.2) is 15.3 Å². The van der Waals surface area contributed by atoms with Gasteiger partial charge in [0.05, 0.1) is 12.2 Å².